The van der Waals surface area contributed by atoms with Gasteiger partial charge in [0.2, 0.25) is 0 Å². The molecule has 0 unspecified atom stereocenters. The van der Waals surface area contributed by atoms with Crippen LogP contribution in [0.5, 0.6) is 0 Å². The molecule has 0 aromatic heterocycles. The van der Waals surface area contributed by atoms with Crippen molar-refractivity contribution in [2.75, 3.05) is 6.54 Å². The molecule has 4 atom stereocenters. The van der Waals surface area contributed by atoms with Crippen LogP contribution in [-0.2, 0) is 0 Å². The number of piperidine rings is 1. The Bertz CT molecular complexity index is 111. The third kappa shape index (κ3) is 0.400. The monoisotopic (exact) mass is 112 g/mol. The van der Waals surface area contributed by atoms with Crippen molar-refractivity contribution in [1.29, 1.82) is 0 Å². The molecule has 46 valence electrons. The summed E-state index contributed by atoms with van der Waals surface area (Å²) >= 11 is 0. The van der Waals surface area contributed by atoms with Crippen LogP contribution in [0.3, 0.4) is 0 Å². The summed E-state index contributed by atoms with van der Waals surface area (Å²) in [6, 6.07) is 1.22. The van der Waals surface area contributed by atoms with Crippen molar-refractivity contribution in [1.82, 2.24) is 5.32 Å². The molecule has 0 amide bonds. The summed E-state index contributed by atoms with van der Waals surface area (Å²) in [6.45, 7) is 3.38. The van der Waals surface area contributed by atoms with Crippen molar-refractivity contribution < 1.29 is 0 Å². The molecule has 8 heavy (non-hydrogen) atoms. The van der Waals surface area contributed by atoms with Crippen LogP contribution in [0.1, 0.15) is 6.92 Å². The van der Waals surface area contributed by atoms with Crippen LogP contribution in [0.15, 0.2) is 0 Å². The molecule has 1 saturated heterocycles. The molecule has 0 radical (unpaired) electrons. The lowest BCUT2D eigenvalue weighted by Gasteiger charge is -2.05. The maximum absolute atomic E-state index is 5.72. The number of nitrogens with one attached hydrogen (secondary N) is 1. The van der Waals surface area contributed by atoms with Crippen molar-refractivity contribution in [3.63, 3.8) is 0 Å². The standard InChI is InChI=1S/C6H12N2/c1-3-5-4(2-8-3)6(5)7/h3-6,8H,2,7H2,1H3/t3-,4+,5-,6-/m1/s1. The molecule has 1 saturated carbocycles. The summed E-state index contributed by atoms with van der Waals surface area (Å²) in [5.41, 5.74) is 5.72. The van der Waals surface area contributed by atoms with Gasteiger partial charge in [-0.05, 0) is 18.8 Å². The molecule has 0 bridgehead atoms. The molecule has 0 aromatic rings. The SMILES string of the molecule is C[C@H]1NC[C@@H]2[C@@H](N)[C@@H]21. The van der Waals surface area contributed by atoms with E-state index in [1.54, 1.807) is 0 Å². The summed E-state index contributed by atoms with van der Waals surface area (Å²) in [5.74, 6) is 1.64. The fraction of sp³-hybridized carbons (Fsp3) is 1.00. The molecule has 0 aromatic carbocycles. The van der Waals surface area contributed by atoms with Crippen LogP contribution in [0.2, 0.25) is 0 Å². The van der Waals surface area contributed by atoms with Gasteiger partial charge in [-0.3, -0.25) is 0 Å². The first kappa shape index (κ1) is 4.77. The summed E-state index contributed by atoms with van der Waals surface area (Å²) < 4.78 is 0. The van der Waals surface area contributed by atoms with Gasteiger partial charge in [-0.2, -0.15) is 0 Å². The minimum Gasteiger partial charge on any atom is -0.327 e. The first-order valence-electron chi connectivity index (χ1n) is 3.29. The fourth-order valence-electron chi connectivity index (χ4n) is 1.86. The average Bonchev–Trinajstić information content (AvgIpc) is 2.13. The number of rotatable bonds is 0. The molecule has 2 fully saturated rings. The van der Waals surface area contributed by atoms with E-state index in [9.17, 15) is 0 Å². The van der Waals surface area contributed by atoms with Gasteiger partial charge in [-0.1, -0.05) is 0 Å². The van der Waals surface area contributed by atoms with Crippen LogP contribution < -0.4 is 11.1 Å². The highest BCUT2D eigenvalue weighted by atomic mass is 15.0. The Labute approximate surface area is 49.4 Å². The summed E-state index contributed by atoms with van der Waals surface area (Å²) in [6.07, 6.45) is 0. The predicted molar refractivity (Wildman–Crippen MR) is 32.4 cm³/mol. The molecular weight excluding hydrogens is 100 g/mol. The molecule has 2 rings (SSSR count). The normalized spacial score (nSPS) is 60.8. The van der Waals surface area contributed by atoms with Gasteiger partial charge in [-0.25, -0.2) is 0 Å². The molecule has 1 heterocycles. The number of nitrogens with two attached hydrogens (primary N) is 1. The quantitative estimate of drug-likeness (QED) is 0.445. The van der Waals surface area contributed by atoms with E-state index in [1.807, 2.05) is 0 Å². The van der Waals surface area contributed by atoms with E-state index in [1.165, 1.54) is 0 Å². The van der Waals surface area contributed by atoms with Gasteiger partial charge in [0, 0.05) is 18.6 Å². The Morgan fingerprint density at radius 1 is 1.62 bits per heavy atom. The lowest BCUT2D eigenvalue weighted by atomic mass is 10.2. The first-order chi connectivity index (χ1) is 3.80. The van der Waals surface area contributed by atoms with E-state index in [0.29, 0.717) is 12.1 Å². The van der Waals surface area contributed by atoms with Gasteiger partial charge in [-0.15, -0.1) is 0 Å². The minimum atomic E-state index is 0.534. The smallest absolute Gasteiger partial charge is 0.0130 e. The van der Waals surface area contributed by atoms with Crippen molar-refractivity contribution in [2.24, 2.45) is 17.6 Å². The predicted octanol–water partition coefficient (Wildman–Crippen LogP) is -0.449. The Balaban J connectivity index is 2.07. The summed E-state index contributed by atoms with van der Waals surface area (Å²) in [5, 5.41) is 3.37. The van der Waals surface area contributed by atoms with Gasteiger partial charge in [0.05, 0.1) is 0 Å². The summed E-state index contributed by atoms with van der Waals surface area (Å²) in [4.78, 5) is 0. The van der Waals surface area contributed by atoms with Crippen LogP contribution >= 0.6 is 0 Å². The van der Waals surface area contributed by atoms with Crippen molar-refractivity contribution >= 4 is 0 Å². The lowest BCUT2D eigenvalue weighted by molar-refractivity contribution is 0.552. The van der Waals surface area contributed by atoms with E-state index in [4.69, 9.17) is 5.73 Å². The topological polar surface area (TPSA) is 38.0 Å². The molecule has 2 aliphatic rings. The third-order valence-corrected chi connectivity index (χ3v) is 2.55. The minimum absolute atomic E-state index is 0.534. The van der Waals surface area contributed by atoms with Crippen molar-refractivity contribution in [2.45, 2.75) is 19.0 Å². The maximum atomic E-state index is 5.72. The van der Waals surface area contributed by atoms with E-state index < -0.39 is 0 Å². The van der Waals surface area contributed by atoms with Crippen molar-refractivity contribution in [3.05, 3.63) is 0 Å². The zero-order chi connectivity index (χ0) is 5.72. The van der Waals surface area contributed by atoms with Gasteiger partial charge in [0.15, 0.2) is 0 Å². The second kappa shape index (κ2) is 1.25. The molecule has 0 spiro atoms. The number of hydrogen-bond acceptors (Lipinski definition) is 2. The van der Waals surface area contributed by atoms with Crippen molar-refractivity contribution in [3.8, 4) is 0 Å². The third-order valence-electron chi connectivity index (χ3n) is 2.55. The molecular formula is C6H12N2. The molecule has 1 aliphatic carbocycles. The number of hydrogen-bond donors (Lipinski definition) is 2. The Hall–Kier alpha value is -0.0800. The Morgan fingerprint density at radius 2 is 2.38 bits per heavy atom. The second-order valence-electron chi connectivity index (χ2n) is 3.02. The van der Waals surface area contributed by atoms with E-state index in [0.717, 1.165) is 18.4 Å². The summed E-state index contributed by atoms with van der Waals surface area (Å²) in [7, 11) is 0. The number of fused-ring (bicyclic) bond motifs is 1. The van der Waals surface area contributed by atoms with Crippen LogP contribution in [-0.4, -0.2) is 18.6 Å². The van der Waals surface area contributed by atoms with Crippen LogP contribution in [0.4, 0.5) is 0 Å². The largest absolute Gasteiger partial charge is 0.327 e. The highest BCUT2D eigenvalue weighted by Crippen LogP contribution is 2.43. The van der Waals surface area contributed by atoms with Crippen LogP contribution in [0, 0.1) is 11.8 Å². The first-order valence-corrected chi connectivity index (χ1v) is 3.29. The Morgan fingerprint density at radius 3 is 2.62 bits per heavy atom. The second-order valence-corrected chi connectivity index (χ2v) is 3.02. The van der Waals surface area contributed by atoms with E-state index in [2.05, 4.69) is 12.2 Å². The van der Waals surface area contributed by atoms with Gasteiger partial charge >= 0.3 is 0 Å². The zero-order valence-corrected chi connectivity index (χ0v) is 5.09. The highest BCUT2D eigenvalue weighted by Gasteiger charge is 2.54. The fourth-order valence-corrected chi connectivity index (χ4v) is 1.86. The molecule has 2 nitrogen and oxygen atoms in total. The molecule has 1 aliphatic heterocycles. The zero-order valence-electron chi connectivity index (χ0n) is 5.09. The lowest BCUT2D eigenvalue weighted by Crippen LogP contribution is -2.29. The van der Waals surface area contributed by atoms with Gasteiger partial charge in [0.1, 0.15) is 0 Å². The van der Waals surface area contributed by atoms with E-state index >= 15 is 0 Å². The maximum Gasteiger partial charge on any atom is 0.0130 e. The Kier molecular flexibility index (Phi) is 0.746. The van der Waals surface area contributed by atoms with E-state index in [-0.39, 0.29) is 0 Å². The van der Waals surface area contributed by atoms with Gasteiger partial charge < -0.3 is 11.1 Å². The van der Waals surface area contributed by atoms with Gasteiger partial charge in [0.25, 0.3) is 0 Å². The molecule has 3 N–H and O–H groups in total. The highest BCUT2D eigenvalue weighted by molar-refractivity contribution is 5.11. The van der Waals surface area contributed by atoms with Crippen LogP contribution in [0.25, 0.3) is 0 Å². The molecule has 2 heteroatoms. The average molecular weight is 112 g/mol.